The predicted octanol–water partition coefficient (Wildman–Crippen LogP) is 1.36. The molecule has 0 aromatic rings. The van der Waals surface area contributed by atoms with Gasteiger partial charge in [-0.2, -0.15) is 0 Å². The van der Waals surface area contributed by atoms with Crippen LogP contribution in [0, 0.1) is 0 Å². The van der Waals surface area contributed by atoms with Gasteiger partial charge in [0, 0.05) is 6.04 Å². The van der Waals surface area contributed by atoms with Crippen LogP contribution in [0.4, 0.5) is 0 Å². The van der Waals surface area contributed by atoms with Gasteiger partial charge in [-0.3, -0.25) is 4.90 Å². The van der Waals surface area contributed by atoms with Crippen molar-refractivity contribution in [2.75, 3.05) is 32.6 Å². The Labute approximate surface area is 77.7 Å². The zero-order chi connectivity index (χ0) is 8.27. The van der Waals surface area contributed by atoms with Gasteiger partial charge in [0.25, 0.3) is 0 Å². The summed E-state index contributed by atoms with van der Waals surface area (Å²) in [5.41, 5.74) is 1.00. The summed E-state index contributed by atoms with van der Waals surface area (Å²) in [6, 6.07) is 0.797. The molecule has 2 nitrogen and oxygen atoms in total. The van der Waals surface area contributed by atoms with Gasteiger partial charge in [0.2, 0.25) is 0 Å². The van der Waals surface area contributed by atoms with Crippen molar-refractivity contribution in [3.8, 4) is 0 Å². The van der Waals surface area contributed by atoms with Gasteiger partial charge < -0.3 is 4.90 Å². The van der Waals surface area contributed by atoms with E-state index in [1.54, 1.807) is 0 Å². The van der Waals surface area contributed by atoms with Crippen LogP contribution in [0.3, 0.4) is 0 Å². The zero-order valence-corrected chi connectivity index (χ0v) is 8.97. The van der Waals surface area contributed by atoms with Crippen molar-refractivity contribution in [1.82, 2.24) is 9.80 Å². The normalized spacial score (nSPS) is 22.9. The lowest BCUT2D eigenvalue weighted by atomic mass is 10.1. The Morgan fingerprint density at radius 1 is 1.45 bits per heavy atom. The molecule has 0 aromatic carbocycles. The van der Waals surface area contributed by atoms with Gasteiger partial charge in [0.05, 0.1) is 5.45 Å². The third kappa shape index (κ3) is 2.73. The number of halogens is 1. The number of rotatable bonds is 2. The predicted molar refractivity (Wildman–Crippen MR) is 52.1 cm³/mol. The quantitative estimate of drug-likeness (QED) is 0.513. The van der Waals surface area contributed by atoms with Gasteiger partial charge in [-0.25, -0.2) is 0 Å². The topological polar surface area (TPSA) is 6.48 Å². The highest BCUT2D eigenvalue weighted by Gasteiger charge is 2.19. The molecule has 1 heterocycles. The molecule has 1 saturated heterocycles. The lowest BCUT2D eigenvalue weighted by molar-refractivity contribution is 0.162. The van der Waals surface area contributed by atoms with Crippen LogP contribution in [0.15, 0.2) is 0 Å². The van der Waals surface area contributed by atoms with Crippen LogP contribution < -0.4 is 0 Å². The monoisotopic (exact) mass is 220 g/mol. The number of alkyl halides is 1. The molecule has 1 rings (SSSR count). The molecular weight excluding hydrogens is 204 g/mol. The van der Waals surface area contributed by atoms with E-state index in [9.17, 15) is 0 Å². The summed E-state index contributed by atoms with van der Waals surface area (Å²) in [4.78, 5) is 4.78. The van der Waals surface area contributed by atoms with Crippen molar-refractivity contribution in [1.29, 1.82) is 0 Å². The first kappa shape index (κ1) is 9.49. The maximum atomic E-state index is 3.48. The fourth-order valence-corrected chi connectivity index (χ4v) is 1.94. The number of piperidine rings is 1. The molecule has 0 bridgehead atoms. The van der Waals surface area contributed by atoms with Crippen LogP contribution in [0.2, 0.25) is 0 Å². The molecule has 66 valence electrons. The second kappa shape index (κ2) is 4.43. The highest BCUT2D eigenvalue weighted by atomic mass is 79.9. The molecule has 1 aliphatic rings. The summed E-state index contributed by atoms with van der Waals surface area (Å²) in [7, 11) is 4.38. The summed E-state index contributed by atoms with van der Waals surface area (Å²) in [5, 5.41) is 0. The highest BCUT2D eigenvalue weighted by molar-refractivity contribution is 9.09. The minimum absolute atomic E-state index is 0.797. The van der Waals surface area contributed by atoms with E-state index >= 15 is 0 Å². The molecule has 0 unspecified atom stereocenters. The molecule has 1 aliphatic heterocycles. The van der Waals surface area contributed by atoms with Crippen molar-refractivity contribution in [2.45, 2.75) is 18.9 Å². The number of likely N-dealkylation sites (tertiary alicyclic amines) is 1. The lowest BCUT2D eigenvalue weighted by Gasteiger charge is -2.33. The Bertz CT molecular complexity index is 111. The summed E-state index contributed by atoms with van der Waals surface area (Å²) in [5.74, 6) is 0. The van der Waals surface area contributed by atoms with E-state index in [1.165, 1.54) is 25.9 Å². The van der Waals surface area contributed by atoms with Crippen LogP contribution in [-0.4, -0.2) is 48.5 Å². The van der Waals surface area contributed by atoms with E-state index in [-0.39, 0.29) is 0 Å². The van der Waals surface area contributed by atoms with E-state index in [1.807, 2.05) is 0 Å². The molecular formula is C8H17BrN2. The number of nitrogens with zero attached hydrogens (tertiary/aromatic N) is 2. The molecule has 0 spiro atoms. The maximum Gasteiger partial charge on any atom is 0.0542 e. The van der Waals surface area contributed by atoms with E-state index in [4.69, 9.17) is 0 Å². The Morgan fingerprint density at radius 3 is 2.45 bits per heavy atom. The van der Waals surface area contributed by atoms with E-state index in [0.29, 0.717) is 0 Å². The van der Waals surface area contributed by atoms with Crippen LogP contribution >= 0.6 is 15.9 Å². The first-order chi connectivity index (χ1) is 5.24. The van der Waals surface area contributed by atoms with Crippen molar-refractivity contribution >= 4 is 15.9 Å². The molecule has 11 heavy (non-hydrogen) atoms. The fourth-order valence-electron chi connectivity index (χ4n) is 1.53. The fraction of sp³-hybridized carbons (Fsp3) is 1.00. The maximum absolute atomic E-state index is 3.48. The average molecular weight is 221 g/mol. The summed E-state index contributed by atoms with van der Waals surface area (Å²) < 4.78 is 0. The van der Waals surface area contributed by atoms with Gasteiger partial charge in [-0.15, -0.1) is 0 Å². The molecule has 0 amide bonds. The smallest absolute Gasteiger partial charge is 0.0542 e. The molecule has 3 heteroatoms. The van der Waals surface area contributed by atoms with Crippen molar-refractivity contribution < 1.29 is 0 Å². The molecule has 0 aliphatic carbocycles. The second-order valence-electron chi connectivity index (χ2n) is 3.41. The van der Waals surface area contributed by atoms with Gasteiger partial charge in [-0.05, 0) is 40.0 Å². The van der Waals surface area contributed by atoms with Crippen LogP contribution in [0.5, 0.6) is 0 Å². The van der Waals surface area contributed by atoms with Crippen molar-refractivity contribution in [3.63, 3.8) is 0 Å². The first-order valence-corrected chi connectivity index (χ1v) is 5.31. The van der Waals surface area contributed by atoms with Gasteiger partial charge in [0.15, 0.2) is 0 Å². The van der Waals surface area contributed by atoms with Crippen molar-refractivity contribution in [3.05, 3.63) is 0 Å². The minimum atomic E-state index is 0.797. The van der Waals surface area contributed by atoms with Crippen molar-refractivity contribution in [2.24, 2.45) is 0 Å². The van der Waals surface area contributed by atoms with Gasteiger partial charge >= 0.3 is 0 Å². The highest BCUT2D eigenvalue weighted by Crippen LogP contribution is 2.14. The standard InChI is InChI=1S/C8H17BrN2/c1-10-5-3-8(4-6-10)11(2)7-9/h8H,3-7H2,1-2H3. The number of hydrogen-bond donors (Lipinski definition) is 0. The van der Waals surface area contributed by atoms with Gasteiger partial charge in [-0.1, -0.05) is 15.9 Å². The third-order valence-corrected chi connectivity index (χ3v) is 3.29. The Kier molecular flexibility index (Phi) is 3.82. The Morgan fingerprint density at radius 2 is 2.00 bits per heavy atom. The summed E-state index contributed by atoms with van der Waals surface area (Å²) in [6.45, 7) is 2.50. The van der Waals surface area contributed by atoms with Crippen LogP contribution in [0.25, 0.3) is 0 Å². The Hall–Kier alpha value is 0.400. The lowest BCUT2D eigenvalue weighted by Crippen LogP contribution is -2.41. The SMILES string of the molecule is CN1CCC(N(C)CBr)CC1. The molecule has 0 saturated carbocycles. The summed E-state index contributed by atoms with van der Waals surface area (Å²) >= 11 is 3.48. The average Bonchev–Trinajstić information content (AvgIpc) is 2.05. The molecule has 0 radical (unpaired) electrons. The van der Waals surface area contributed by atoms with E-state index < -0.39 is 0 Å². The second-order valence-corrected chi connectivity index (χ2v) is 3.91. The zero-order valence-electron chi connectivity index (χ0n) is 7.39. The number of hydrogen-bond acceptors (Lipinski definition) is 2. The van der Waals surface area contributed by atoms with E-state index in [2.05, 4.69) is 39.8 Å². The first-order valence-electron chi connectivity index (χ1n) is 4.19. The largest absolute Gasteiger partial charge is 0.306 e. The third-order valence-electron chi connectivity index (χ3n) is 2.50. The Balaban J connectivity index is 2.27. The van der Waals surface area contributed by atoms with Gasteiger partial charge in [0.1, 0.15) is 0 Å². The molecule has 0 atom stereocenters. The molecule has 0 aromatic heterocycles. The summed E-state index contributed by atoms with van der Waals surface area (Å²) in [6.07, 6.45) is 2.64. The minimum Gasteiger partial charge on any atom is -0.306 e. The van der Waals surface area contributed by atoms with E-state index in [0.717, 1.165) is 11.5 Å². The van der Waals surface area contributed by atoms with Crippen LogP contribution in [-0.2, 0) is 0 Å². The molecule has 1 fully saturated rings. The molecule has 0 N–H and O–H groups in total. The van der Waals surface area contributed by atoms with Crippen LogP contribution in [0.1, 0.15) is 12.8 Å².